The molecule has 1 aromatic carbocycles. The summed E-state index contributed by atoms with van der Waals surface area (Å²) in [6, 6.07) is 6.70. The highest BCUT2D eigenvalue weighted by molar-refractivity contribution is 5.57. The summed E-state index contributed by atoms with van der Waals surface area (Å²) in [6.45, 7) is 5.68. The number of piperazine rings is 1. The Morgan fingerprint density at radius 2 is 2.19 bits per heavy atom. The van der Waals surface area contributed by atoms with Crippen LogP contribution in [0.2, 0.25) is 0 Å². The first-order valence-corrected chi connectivity index (χ1v) is 5.71. The minimum absolute atomic E-state index is 0.344. The summed E-state index contributed by atoms with van der Waals surface area (Å²) < 4.78 is 10.7. The lowest BCUT2D eigenvalue weighted by atomic mass is 10.2. The molecule has 16 heavy (non-hydrogen) atoms. The number of anilines is 1. The van der Waals surface area contributed by atoms with Gasteiger partial charge in [-0.1, -0.05) is 0 Å². The number of ether oxygens (including phenoxy) is 2. The molecular weight excluding hydrogens is 204 g/mol. The van der Waals surface area contributed by atoms with Crippen LogP contribution in [0, 0.1) is 0 Å². The summed E-state index contributed by atoms with van der Waals surface area (Å²) in [4.78, 5) is 2.38. The summed E-state index contributed by atoms with van der Waals surface area (Å²) in [6.07, 6.45) is 0. The van der Waals surface area contributed by atoms with E-state index in [1.807, 2.05) is 6.07 Å². The Morgan fingerprint density at radius 1 is 1.31 bits per heavy atom. The number of nitrogens with zero attached hydrogens (tertiary/aromatic N) is 1. The Labute approximate surface area is 95.1 Å². The van der Waals surface area contributed by atoms with Gasteiger partial charge in [0.05, 0.1) is 0 Å². The highest BCUT2D eigenvalue weighted by Gasteiger charge is 2.19. The van der Waals surface area contributed by atoms with Gasteiger partial charge >= 0.3 is 0 Å². The van der Waals surface area contributed by atoms with Gasteiger partial charge in [0.15, 0.2) is 11.5 Å². The normalized spacial score (nSPS) is 23.6. The van der Waals surface area contributed by atoms with Gasteiger partial charge in [0, 0.05) is 37.4 Å². The van der Waals surface area contributed by atoms with Crippen molar-refractivity contribution in [2.45, 2.75) is 13.0 Å². The van der Waals surface area contributed by atoms with Gasteiger partial charge in [0.1, 0.15) is 0 Å². The lowest BCUT2D eigenvalue weighted by molar-refractivity contribution is 0.174. The molecule has 4 nitrogen and oxygen atoms in total. The summed E-state index contributed by atoms with van der Waals surface area (Å²) in [5.41, 5.74) is 1.22. The van der Waals surface area contributed by atoms with E-state index in [1.54, 1.807) is 0 Å². The summed E-state index contributed by atoms with van der Waals surface area (Å²) in [7, 11) is 0. The van der Waals surface area contributed by atoms with Crippen molar-refractivity contribution in [3.05, 3.63) is 18.2 Å². The van der Waals surface area contributed by atoms with Crippen LogP contribution < -0.4 is 19.7 Å². The van der Waals surface area contributed by atoms with E-state index in [1.165, 1.54) is 5.69 Å². The average Bonchev–Trinajstić information content (AvgIpc) is 2.75. The molecule has 0 bridgehead atoms. The maximum atomic E-state index is 5.39. The van der Waals surface area contributed by atoms with E-state index in [-0.39, 0.29) is 0 Å². The fourth-order valence-electron chi connectivity index (χ4n) is 2.25. The van der Waals surface area contributed by atoms with Crippen LogP contribution in [0.3, 0.4) is 0 Å². The first-order valence-electron chi connectivity index (χ1n) is 5.71. The molecule has 1 unspecified atom stereocenters. The third-order valence-corrected chi connectivity index (χ3v) is 3.09. The molecule has 0 spiro atoms. The van der Waals surface area contributed by atoms with Crippen LogP contribution in [0.4, 0.5) is 5.69 Å². The van der Waals surface area contributed by atoms with E-state index in [2.05, 4.69) is 29.3 Å². The smallest absolute Gasteiger partial charge is 0.231 e. The van der Waals surface area contributed by atoms with Crippen LogP contribution in [-0.4, -0.2) is 32.5 Å². The Bertz CT molecular complexity index is 395. The van der Waals surface area contributed by atoms with E-state index in [9.17, 15) is 0 Å². The van der Waals surface area contributed by atoms with Gasteiger partial charge in [-0.25, -0.2) is 0 Å². The molecule has 3 rings (SSSR count). The van der Waals surface area contributed by atoms with Gasteiger partial charge < -0.3 is 19.7 Å². The van der Waals surface area contributed by atoms with E-state index >= 15 is 0 Å². The molecule has 0 amide bonds. The molecule has 0 radical (unpaired) electrons. The molecule has 0 aliphatic carbocycles. The molecule has 2 aliphatic heterocycles. The Morgan fingerprint density at radius 3 is 3.06 bits per heavy atom. The third-order valence-electron chi connectivity index (χ3n) is 3.09. The van der Waals surface area contributed by atoms with Crippen LogP contribution in [0.5, 0.6) is 11.5 Å². The number of hydrogen-bond acceptors (Lipinski definition) is 4. The zero-order chi connectivity index (χ0) is 11.0. The zero-order valence-corrected chi connectivity index (χ0v) is 9.40. The van der Waals surface area contributed by atoms with Gasteiger partial charge in [0.2, 0.25) is 6.79 Å². The Balaban J connectivity index is 1.83. The summed E-state index contributed by atoms with van der Waals surface area (Å²) in [5, 5.41) is 3.44. The van der Waals surface area contributed by atoms with Gasteiger partial charge in [-0.15, -0.1) is 0 Å². The van der Waals surface area contributed by atoms with Crippen LogP contribution in [-0.2, 0) is 0 Å². The van der Waals surface area contributed by atoms with E-state index < -0.39 is 0 Å². The standard InChI is InChI=1S/C12H16N2O2/c1-9-7-14(5-4-13-9)10-2-3-11-12(6-10)16-8-15-11/h2-3,6,9,13H,4-5,7-8H2,1H3. The number of hydrogen-bond donors (Lipinski definition) is 1. The maximum Gasteiger partial charge on any atom is 0.231 e. The number of nitrogens with one attached hydrogen (secondary N) is 1. The largest absolute Gasteiger partial charge is 0.454 e. The van der Waals surface area contributed by atoms with E-state index in [0.29, 0.717) is 12.8 Å². The minimum atomic E-state index is 0.344. The highest BCUT2D eigenvalue weighted by Crippen LogP contribution is 2.35. The second-order valence-electron chi connectivity index (χ2n) is 4.34. The summed E-state index contributed by atoms with van der Waals surface area (Å²) >= 11 is 0. The number of fused-ring (bicyclic) bond motifs is 1. The van der Waals surface area contributed by atoms with Crippen LogP contribution in [0.1, 0.15) is 6.92 Å². The van der Waals surface area contributed by atoms with Crippen molar-refractivity contribution in [2.75, 3.05) is 31.3 Å². The molecule has 1 atom stereocenters. The maximum absolute atomic E-state index is 5.39. The minimum Gasteiger partial charge on any atom is -0.454 e. The van der Waals surface area contributed by atoms with Crippen molar-refractivity contribution in [3.8, 4) is 11.5 Å². The van der Waals surface area contributed by atoms with E-state index in [4.69, 9.17) is 9.47 Å². The molecule has 1 fully saturated rings. The van der Waals surface area contributed by atoms with Gasteiger partial charge in [-0.2, -0.15) is 0 Å². The second-order valence-corrected chi connectivity index (χ2v) is 4.34. The molecule has 1 aromatic rings. The average molecular weight is 220 g/mol. The van der Waals surface area contributed by atoms with Crippen molar-refractivity contribution in [3.63, 3.8) is 0 Å². The number of rotatable bonds is 1. The second kappa shape index (κ2) is 3.87. The molecule has 0 saturated carbocycles. The van der Waals surface area contributed by atoms with Crippen LogP contribution in [0.25, 0.3) is 0 Å². The molecule has 2 aliphatic rings. The third kappa shape index (κ3) is 1.69. The van der Waals surface area contributed by atoms with Gasteiger partial charge in [0.25, 0.3) is 0 Å². The zero-order valence-electron chi connectivity index (χ0n) is 9.40. The first-order chi connectivity index (χ1) is 7.83. The van der Waals surface area contributed by atoms with Gasteiger partial charge in [-0.3, -0.25) is 0 Å². The molecule has 1 N–H and O–H groups in total. The van der Waals surface area contributed by atoms with Crippen molar-refractivity contribution >= 4 is 5.69 Å². The predicted molar refractivity (Wildman–Crippen MR) is 62.2 cm³/mol. The first kappa shape index (κ1) is 9.78. The quantitative estimate of drug-likeness (QED) is 0.771. The Kier molecular flexibility index (Phi) is 2.36. The fourth-order valence-corrected chi connectivity index (χ4v) is 2.25. The van der Waals surface area contributed by atoms with Crippen molar-refractivity contribution in [1.82, 2.24) is 5.32 Å². The highest BCUT2D eigenvalue weighted by atomic mass is 16.7. The Hall–Kier alpha value is -1.42. The monoisotopic (exact) mass is 220 g/mol. The molecule has 86 valence electrons. The SMILES string of the molecule is CC1CN(c2ccc3c(c2)OCO3)CCN1. The molecular formula is C12H16N2O2. The van der Waals surface area contributed by atoms with E-state index in [0.717, 1.165) is 31.1 Å². The summed E-state index contributed by atoms with van der Waals surface area (Å²) in [5.74, 6) is 1.72. The van der Waals surface area contributed by atoms with Crippen molar-refractivity contribution < 1.29 is 9.47 Å². The van der Waals surface area contributed by atoms with Gasteiger partial charge in [-0.05, 0) is 19.1 Å². The topological polar surface area (TPSA) is 33.7 Å². The fraction of sp³-hybridized carbons (Fsp3) is 0.500. The van der Waals surface area contributed by atoms with Crippen LogP contribution >= 0.6 is 0 Å². The number of benzene rings is 1. The molecule has 4 heteroatoms. The lowest BCUT2D eigenvalue weighted by Gasteiger charge is -2.33. The van der Waals surface area contributed by atoms with Crippen LogP contribution in [0.15, 0.2) is 18.2 Å². The lowest BCUT2D eigenvalue weighted by Crippen LogP contribution is -2.49. The molecule has 2 heterocycles. The molecule has 0 aromatic heterocycles. The molecule has 1 saturated heterocycles. The predicted octanol–water partition coefficient (Wildman–Crippen LogP) is 1.21. The van der Waals surface area contributed by atoms with Crippen molar-refractivity contribution in [2.24, 2.45) is 0 Å². The van der Waals surface area contributed by atoms with Crippen molar-refractivity contribution in [1.29, 1.82) is 0 Å².